The number of pyridine rings is 1. The van der Waals surface area contributed by atoms with Crippen molar-refractivity contribution >= 4 is 16.5 Å². The summed E-state index contributed by atoms with van der Waals surface area (Å²) < 4.78 is 0. The maximum Gasteiger partial charge on any atom is 0.255 e. The van der Waals surface area contributed by atoms with Crippen LogP contribution >= 0.6 is 0 Å². The fourth-order valence-electron chi connectivity index (χ4n) is 2.83. The first-order chi connectivity index (χ1) is 9.24. The fraction of sp³-hybridized carbons (Fsp3) is 0.400. The molecule has 0 spiro atoms. The maximum absolute atomic E-state index is 11.6. The molecule has 0 bridgehead atoms. The number of benzene rings is 1. The van der Waals surface area contributed by atoms with Gasteiger partial charge in [-0.25, -0.2) is 0 Å². The highest BCUT2D eigenvalue weighted by Crippen LogP contribution is 2.22. The number of hydrogen-bond donors (Lipinski definition) is 3. The predicted molar refractivity (Wildman–Crippen MR) is 78.4 cm³/mol. The predicted octanol–water partition coefficient (Wildman–Crippen LogP) is 2.21. The van der Waals surface area contributed by atoms with Crippen LogP contribution in [-0.2, 0) is 0 Å². The number of H-pyrrole nitrogens is 1. The summed E-state index contributed by atoms with van der Waals surface area (Å²) in [5.41, 5.74) is 7.15. The molecule has 1 heterocycles. The maximum atomic E-state index is 11.6. The van der Waals surface area contributed by atoms with Crippen molar-refractivity contribution in [2.75, 3.05) is 5.32 Å². The van der Waals surface area contributed by atoms with Gasteiger partial charge in [-0.05, 0) is 42.5 Å². The van der Waals surface area contributed by atoms with Crippen LogP contribution in [0.5, 0.6) is 0 Å². The smallest absolute Gasteiger partial charge is 0.255 e. The molecule has 2 aromatic rings. The topological polar surface area (TPSA) is 70.9 Å². The summed E-state index contributed by atoms with van der Waals surface area (Å²) in [7, 11) is 0. The Kier molecular flexibility index (Phi) is 3.25. The van der Waals surface area contributed by atoms with Crippen LogP contribution in [0.3, 0.4) is 0 Å². The van der Waals surface area contributed by atoms with Gasteiger partial charge in [0.05, 0.1) is 0 Å². The zero-order valence-corrected chi connectivity index (χ0v) is 10.9. The summed E-state index contributed by atoms with van der Waals surface area (Å²) in [6.07, 6.45) is 6.35. The molecule has 3 rings (SSSR count). The van der Waals surface area contributed by atoms with Gasteiger partial charge in [0.1, 0.15) is 0 Å². The first-order valence-corrected chi connectivity index (χ1v) is 6.87. The van der Waals surface area contributed by atoms with Crippen molar-refractivity contribution in [2.45, 2.75) is 37.8 Å². The van der Waals surface area contributed by atoms with E-state index in [1.54, 1.807) is 6.20 Å². The quantitative estimate of drug-likeness (QED) is 0.772. The monoisotopic (exact) mass is 257 g/mol. The molecule has 0 unspecified atom stereocenters. The largest absolute Gasteiger partial charge is 0.381 e. The van der Waals surface area contributed by atoms with E-state index in [-0.39, 0.29) is 11.6 Å². The molecule has 1 saturated carbocycles. The lowest BCUT2D eigenvalue weighted by Crippen LogP contribution is -2.42. The van der Waals surface area contributed by atoms with E-state index in [4.69, 9.17) is 5.73 Å². The lowest BCUT2D eigenvalue weighted by Gasteiger charge is -2.30. The van der Waals surface area contributed by atoms with E-state index >= 15 is 0 Å². The molecule has 1 aliphatic carbocycles. The van der Waals surface area contributed by atoms with E-state index in [1.807, 2.05) is 24.3 Å². The van der Waals surface area contributed by atoms with E-state index < -0.39 is 0 Å². The number of nitrogens with two attached hydrogens (primary N) is 1. The van der Waals surface area contributed by atoms with Crippen molar-refractivity contribution in [1.82, 2.24) is 4.98 Å². The number of aromatic amines is 1. The summed E-state index contributed by atoms with van der Waals surface area (Å²) in [6.45, 7) is 0. The van der Waals surface area contributed by atoms with Crippen LogP contribution in [0.15, 0.2) is 35.3 Å². The zero-order valence-electron chi connectivity index (χ0n) is 10.9. The van der Waals surface area contributed by atoms with Crippen molar-refractivity contribution in [1.29, 1.82) is 0 Å². The molecule has 1 aromatic heterocycles. The Hall–Kier alpha value is -1.81. The molecule has 100 valence electrons. The van der Waals surface area contributed by atoms with Crippen molar-refractivity contribution < 1.29 is 0 Å². The second-order valence-electron chi connectivity index (χ2n) is 5.31. The SMILES string of the molecule is N[C@@H]1CCCC[C@H]1Nc1ccc2c(=O)[nH]ccc2c1. The second kappa shape index (κ2) is 5.05. The first kappa shape index (κ1) is 12.2. The molecule has 1 aromatic carbocycles. The lowest BCUT2D eigenvalue weighted by molar-refractivity contribution is 0.404. The fourth-order valence-corrected chi connectivity index (χ4v) is 2.83. The van der Waals surface area contributed by atoms with Crippen LogP contribution in [-0.4, -0.2) is 17.1 Å². The van der Waals surface area contributed by atoms with E-state index in [0.29, 0.717) is 6.04 Å². The molecule has 4 N–H and O–H groups in total. The number of hydrogen-bond acceptors (Lipinski definition) is 3. The van der Waals surface area contributed by atoms with Gasteiger partial charge in [0, 0.05) is 29.4 Å². The summed E-state index contributed by atoms with van der Waals surface area (Å²) in [4.78, 5) is 14.3. The number of nitrogens with one attached hydrogen (secondary N) is 2. The van der Waals surface area contributed by atoms with Crippen molar-refractivity contribution in [3.05, 3.63) is 40.8 Å². The van der Waals surface area contributed by atoms with Gasteiger partial charge >= 0.3 is 0 Å². The van der Waals surface area contributed by atoms with Crippen LogP contribution in [0, 0.1) is 0 Å². The van der Waals surface area contributed by atoms with E-state index in [1.165, 1.54) is 12.8 Å². The summed E-state index contributed by atoms with van der Waals surface area (Å²) >= 11 is 0. The Balaban J connectivity index is 1.87. The molecule has 1 aliphatic rings. The molecule has 4 heteroatoms. The third kappa shape index (κ3) is 2.49. The lowest BCUT2D eigenvalue weighted by atomic mass is 9.91. The minimum absolute atomic E-state index is 0.0431. The van der Waals surface area contributed by atoms with E-state index in [2.05, 4.69) is 10.3 Å². The normalized spacial score (nSPS) is 23.4. The summed E-state index contributed by atoms with van der Waals surface area (Å²) in [5.74, 6) is 0. The molecule has 0 aliphatic heterocycles. The first-order valence-electron chi connectivity index (χ1n) is 6.87. The van der Waals surface area contributed by atoms with Crippen LogP contribution in [0.2, 0.25) is 0 Å². The van der Waals surface area contributed by atoms with Crippen LogP contribution in [0.4, 0.5) is 5.69 Å². The van der Waals surface area contributed by atoms with Gasteiger partial charge in [0.2, 0.25) is 0 Å². The Morgan fingerprint density at radius 2 is 2.05 bits per heavy atom. The van der Waals surface area contributed by atoms with Gasteiger partial charge in [-0.1, -0.05) is 12.8 Å². The molecular weight excluding hydrogens is 238 g/mol. The summed E-state index contributed by atoms with van der Waals surface area (Å²) in [5, 5.41) is 5.18. The Labute approximate surface area is 112 Å². The van der Waals surface area contributed by atoms with Crippen LogP contribution in [0.1, 0.15) is 25.7 Å². The highest BCUT2D eigenvalue weighted by atomic mass is 16.1. The Bertz CT molecular complexity index is 635. The van der Waals surface area contributed by atoms with Gasteiger partial charge in [-0.2, -0.15) is 0 Å². The molecule has 0 amide bonds. The van der Waals surface area contributed by atoms with Crippen molar-refractivity contribution in [3.8, 4) is 0 Å². The average molecular weight is 257 g/mol. The van der Waals surface area contributed by atoms with Gasteiger partial charge in [-0.15, -0.1) is 0 Å². The van der Waals surface area contributed by atoms with Gasteiger partial charge < -0.3 is 16.0 Å². The molecule has 1 fully saturated rings. The number of anilines is 1. The Morgan fingerprint density at radius 1 is 1.21 bits per heavy atom. The third-order valence-corrected chi connectivity index (χ3v) is 3.94. The van der Waals surface area contributed by atoms with Gasteiger partial charge in [0.15, 0.2) is 0 Å². The van der Waals surface area contributed by atoms with Gasteiger partial charge in [-0.3, -0.25) is 4.79 Å². The zero-order chi connectivity index (χ0) is 13.2. The Morgan fingerprint density at radius 3 is 2.89 bits per heavy atom. The standard InChI is InChI=1S/C15H19N3O/c16-13-3-1-2-4-14(13)18-11-5-6-12-10(9-11)7-8-17-15(12)19/h5-9,13-14,18H,1-4,16H2,(H,17,19)/t13-,14-/m1/s1. The third-order valence-electron chi connectivity index (χ3n) is 3.94. The van der Waals surface area contributed by atoms with E-state index in [0.717, 1.165) is 29.3 Å². The minimum atomic E-state index is -0.0431. The highest BCUT2D eigenvalue weighted by Gasteiger charge is 2.21. The highest BCUT2D eigenvalue weighted by molar-refractivity contribution is 5.84. The molecule has 0 saturated heterocycles. The molecule has 19 heavy (non-hydrogen) atoms. The van der Waals surface area contributed by atoms with Crippen molar-refractivity contribution in [3.63, 3.8) is 0 Å². The number of fused-ring (bicyclic) bond motifs is 1. The van der Waals surface area contributed by atoms with Crippen molar-refractivity contribution in [2.24, 2.45) is 5.73 Å². The van der Waals surface area contributed by atoms with Crippen LogP contribution in [0.25, 0.3) is 10.8 Å². The average Bonchev–Trinajstić information content (AvgIpc) is 2.42. The second-order valence-corrected chi connectivity index (χ2v) is 5.31. The summed E-state index contributed by atoms with van der Waals surface area (Å²) in [6, 6.07) is 8.33. The van der Waals surface area contributed by atoms with Crippen LogP contribution < -0.4 is 16.6 Å². The molecule has 2 atom stereocenters. The molecule has 0 radical (unpaired) electrons. The minimum Gasteiger partial charge on any atom is -0.381 e. The number of rotatable bonds is 2. The number of aromatic nitrogens is 1. The molecule has 4 nitrogen and oxygen atoms in total. The van der Waals surface area contributed by atoms with Gasteiger partial charge in [0.25, 0.3) is 5.56 Å². The molecular formula is C15H19N3O. The van der Waals surface area contributed by atoms with E-state index in [9.17, 15) is 4.79 Å².